The molecule has 0 saturated carbocycles. The monoisotopic (exact) mass is 449 g/mol. The lowest BCUT2D eigenvalue weighted by molar-refractivity contribution is 0.0746. The van der Waals surface area contributed by atoms with E-state index in [1.54, 1.807) is 23.2 Å². The van der Waals surface area contributed by atoms with Crippen LogP contribution in [-0.2, 0) is 6.42 Å². The third kappa shape index (κ3) is 4.54. The maximum absolute atomic E-state index is 13.1. The molecule has 2 fully saturated rings. The first-order chi connectivity index (χ1) is 15.8. The van der Waals surface area contributed by atoms with Crippen molar-refractivity contribution in [3.8, 4) is 0 Å². The highest BCUT2D eigenvalue weighted by Gasteiger charge is 2.35. The van der Waals surface area contributed by atoms with E-state index in [0.29, 0.717) is 36.9 Å². The van der Waals surface area contributed by atoms with Crippen molar-refractivity contribution in [2.24, 2.45) is 5.92 Å². The Morgan fingerprint density at radius 3 is 2.48 bits per heavy atom. The SMILES string of the molecule is CCc1cc(C)cc(C)c1N1CCN(C(=O)c2ccc(N3C(=O)NCC3C(C)C)nc2)CC1. The average molecular weight is 450 g/mol. The molecule has 0 aliphatic carbocycles. The molecule has 0 spiro atoms. The highest BCUT2D eigenvalue weighted by Crippen LogP contribution is 2.29. The van der Waals surface area contributed by atoms with Crippen LogP contribution in [0.3, 0.4) is 0 Å². The maximum Gasteiger partial charge on any atom is 0.323 e. The van der Waals surface area contributed by atoms with Crippen molar-refractivity contribution in [1.29, 1.82) is 0 Å². The Morgan fingerprint density at radius 1 is 1.15 bits per heavy atom. The van der Waals surface area contributed by atoms with Gasteiger partial charge >= 0.3 is 6.03 Å². The van der Waals surface area contributed by atoms with Crippen LogP contribution in [0.25, 0.3) is 0 Å². The van der Waals surface area contributed by atoms with Gasteiger partial charge in [0, 0.05) is 44.6 Å². The Balaban J connectivity index is 1.43. The number of pyridine rings is 1. The highest BCUT2D eigenvalue weighted by molar-refractivity contribution is 5.96. The van der Waals surface area contributed by atoms with E-state index in [1.165, 1.54) is 22.4 Å². The van der Waals surface area contributed by atoms with E-state index in [1.807, 2.05) is 4.90 Å². The number of anilines is 2. The number of aromatic nitrogens is 1. The summed E-state index contributed by atoms with van der Waals surface area (Å²) >= 11 is 0. The van der Waals surface area contributed by atoms with Crippen LogP contribution in [0.1, 0.15) is 47.8 Å². The number of carbonyl (C=O) groups excluding carboxylic acids is 2. The first-order valence-corrected chi connectivity index (χ1v) is 12.0. The fraction of sp³-hybridized carbons (Fsp3) is 0.500. The van der Waals surface area contributed by atoms with E-state index < -0.39 is 0 Å². The summed E-state index contributed by atoms with van der Waals surface area (Å²) < 4.78 is 0. The molecule has 2 saturated heterocycles. The molecule has 176 valence electrons. The highest BCUT2D eigenvalue weighted by atomic mass is 16.2. The zero-order chi connectivity index (χ0) is 23.7. The Kier molecular flexibility index (Phi) is 6.58. The first-order valence-electron chi connectivity index (χ1n) is 12.0. The van der Waals surface area contributed by atoms with Crippen molar-refractivity contribution in [2.75, 3.05) is 42.5 Å². The van der Waals surface area contributed by atoms with Crippen LogP contribution < -0.4 is 15.1 Å². The van der Waals surface area contributed by atoms with Gasteiger partial charge in [0.1, 0.15) is 5.82 Å². The van der Waals surface area contributed by atoms with Crippen LogP contribution in [0.15, 0.2) is 30.5 Å². The van der Waals surface area contributed by atoms with Gasteiger partial charge in [-0.05, 0) is 49.4 Å². The van der Waals surface area contributed by atoms with Crippen LogP contribution >= 0.6 is 0 Å². The minimum atomic E-state index is -0.130. The molecule has 2 aliphatic heterocycles. The first kappa shape index (κ1) is 23.1. The Labute approximate surface area is 196 Å². The lowest BCUT2D eigenvalue weighted by atomic mass is 10.0. The van der Waals surface area contributed by atoms with Gasteiger partial charge in [-0.25, -0.2) is 9.78 Å². The van der Waals surface area contributed by atoms with E-state index in [4.69, 9.17) is 0 Å². The summed E-state index contributed by atoms with van der Waals surface area (Å²) in [4.78, 5) is 35.9. The lowest BCUT2D eigenvalue weighted by Crippen LogP contribution is -2.49. The number of urea groups is 1. The molecule has 1 unspecified atom stereocenters. The summed E-state index contributed by atoms with van der Waals surface area (Å²) in [6.45, 7) is 14.3. The molecule has 3 heterocycles. The number of nitrogens with one attached hydrogen (secondary N) is 1. The molecule has 2 aliphatic rings. The third-order valence-corrected chi connectivity index (χ3v) is 6.81. The molecule has 33 heavy (non-hydrogen) atoms. The lowest BCUT2D eigenvalue weighted by Gasteiger charge is -2.38. The molecule has 3 amide bonds. The number of benzene rings is 1. The van der Waals surface area contributed by atoms with E-state index in [9.17, 15) is 9.59 Å². The minimum absolute atomic E-state index is 0.00340. The molecular weight excluding hydrogens is 414 g/mol. The molecule has 1 atom stereocenters. The predicted molar refractivity (Wildman–Crippen MR) is 132 cm³/mol. The quantitative estimate of drug-likeness (QED) is 0.754. The summed E-state index contributed by atoms with van der Waals surface area (Å²) in [6, 6.07) is 8.03. The molecule has 4 rings (SSSR count). The number of hydrogen-bond donors (Lipinski definition) is 1. The fourth-order valence-electron chi connectivity index (χ4n) is 5.07. The van der Waals surface area contributed by atoms with E-state index in [2.05, 4.69) is 62.0 Å². The van der Waals surface area contributed by atoms with E-state index in [-0.39, 0.29) is 18.0 Å². The second-order valence-corrected chi connectivity index (χ2v) is 9.49. The Bertz CT molecular complexity index is 1030. The van der Waals surface area contributed by atoms with Crippen LogP contribution in [0.2, 0.25) is 0 Å². The normalized spacial score (nSPS) is 18.8. The molecule has 7 nitrogen and oxygen atoms in total. The number of rotatable bonds is 5. The van der Waals surface area contributed by atoms with Gasteiger partial charge in [0.15, 0.2) is 0 Å². The standard InChI is InChI=1S/C26H35N5O2/c1-6-20-14-18(4)13-19(5)24(20)29-9-11-30(12-10-29)25(32)21-7-8-23(27-15-21)31-22(17(2)3)16-28-26(31)33/h7-8,13-15,17,22H,6,9-12,16H2,1-5H3,(H,28,33). The van der Waals surface area contributed by atoms with Gasteiger partial charge in [0.25, 0.3) is 5.91 Å². The van der Waals surface area contributed by atoms with Crippen molar-refractivity contribution in [1.82, 2.24) is 15.2 Å². The van der Waals surface area contributed by atoms with Gasteiger partial charge in [-0.15, -0.1) is 0 Å². The molecule has 1 aromatic heterocycles. The number of aryl methyl sites for hydroxylation is 3. The second-order valence-electron chi connectivity index (χ2n) is 9.49. The second kappa shape index (κ2) is 9.41. The van der Waals surface area contributed by atoms with Crippen molar-refractivity contribution in [3.05, 3.63) is 52.7 Å². The number of amides is 3. The van der Waals surface area contributed by atoms with Gasteiger partial charge < -0.3 is 15.1 Å². The summed E-state index contributed by atoms with van der Waals surface area (Å²) in [6.07, 6.45) is 2.61. The molecule has 0 radical (unpaired) electrons. The molecule has 1 N–H and O–H groups in total. The minimum Gasteiger partial charge on any atom is -0.368 e. The van der Waals surface area contributed by atoms with Gasteiger partial charge in [0.2, 0.25) is 0 Å². The maximum atomic E-state index is 13.1. The molecule has 7 heteroatoms. The Hall–Kier alpha value is -3.09. The molecule has 0 bridgehead atoms. The number of nitrogens with zero attached hydrogens (tertiary/aromatic N) is 4. The molecule has 2 aromatic rings. The smallest absolute Gasteiger partial charge is 0.323 e. The summed E-state index contributed by atoms with van der Waals surface area (Å²) in [5, 5.41) is 2.89. The number of hydrogen-bond acceptors (Lipinski definition) is 4. The van der Waals surface area contributed by atoms with Crippen LogP contribution in [0, 0.1) is 19.8 Å². The molecule has 1 aromatic carbocycles. The van der Waals surface area contributed by atoms with Crippen molar-refractivity contribution in [3.63, 3.8) is 0 Å². The van der Waals surface area contributed by atoms with Gasteiger partial charge in [-0.1, -0.05) is 38.5 Å². The number of piperazine rings is 1. The fourth-order valence-corrected chi connectivity index (χ4v) is 5.07. The predicted octanol–water partition coefficient (Wildman–Crippen LogP) is 3.78. The summed E-state index contributed by atoms with van der Waals surface area (Å²) in [5.74, 6) is 0.900. The van der Waals surface area contributed by atoms with Gasteiger partial charge in [-0.2, -0.15) is 0 Å². The molecular formula is C26H35N5O2. The summed E-state index contributed by atoms with van der Waals surface area (Å²) in [5.41, 5.74) is 5.86. The largest absolute Gasteiger partial charge is 0.368 e. The van der Waals surface area contributed by atoms with Gasteiger partial charge in [-0.3, -0.25) is 9.69 Å². The Morgan fingerprint density at radius 2 is 1.88 bits per heavy atom. The third-order valence-electron chi connectivity index (χ3n) is 6.81. The van der Waals surface area contributed by atoms with E-state index in [0.717, 1.165) is 19.5 Å². The average Bonchev–Trinajstić information content (AvgIpc) is 3.20. The summed E-state index contributed by atoms with van der Waals surface area (Å²) in [7, 11) is 0. The number of carbonyl (C=O) groups is 2. The zero-order valence-electron chi connectivity index (χ0n) is 20.4. The van der Waals surface area contributed by atoms with Gasteiger partial charge in [0.05, 0.1) is 11.6 Å². The van der Waals surface area contributed by atoms with Crippen molar-refractivity contribution in [2.45, 2.75) is 47.1 Å². The van der Waals surface area contributed by atoms with Crippen LogP contribution in [0.5, 0.6) is 0 Å². The van der Waals surface area contributed by atoms with Crippen LogP contribution in [0.4, 0.5) is 16.3 Å². The van der Waals surface area contributed by atoms with Crippen molar-refractivity contribution >= 4 is 23.4 Å². The topological polar surface area (TPSA) is 68.8 Å². The van der Waals surface area contributed by atoms with Crippen LogP contribution in [-0.4, -0.2) is 60.6 Å². The zero-order valence-corrected chi connectivity index (χ0v) is 20.4. The van der Waals surface area contributed by atoms with E-state index >= 15 is 0 Å². The van der Waals surface area contributed by atoms with Crippen molar-refractivity contribution < 1.29 is 9.59 Å².